The first kappa shape index (κ1) is 18.9. The Morgan fingerprint density at radius 3 is 2.15 bits per heavy atom. The molecule has 27 heavy (non-hydrogen) atoms. The molecule has 1 saturated carbocycles. The highest BCUT2D eigenvalue weighted by atomic mass is 16.1. The molecule has 2 atom stereocenters. The maximum Gasteiger partial charge on any atom is 0.225 e. The van der Waals surface area contributed by atoms with E-state index in [1.54, 1.807) is 0 Å². The lowest BCUT2D eigenvalue weighted by atomic mass is 9.77. The number of anilines is 1. The van der Waals surface area contributed by atoms with Gasteiger partial charge in [0.15, 0.2) is 0 Å². The Balaban J connectivity index is 1.40. The third-order valence-corrected chi connectivity index (χ3v) is 7.13. The van der Waals surface area contributed by atoms with Crippen molar-refractivity contribution in [2.75, 3.05) is 18.0 Å². The van der Waals surface area contributed by atoms with Crippen LogP contribution in [-0.2, 0) is 4.79 Å². The van der Waals surface area contributed by atoms with Crippen LogP contribution in [0.3, 0.4) is 0 Å². The number of fused-ring (bicyclic) bond motifs is 2. The summed E-state index contributed by atoms with van der Waals surface area (Å²) in [4.78, 5) is 26.6. The Bertz CT molecular complexity index is 637. The molecule has 2 aliphatic heterocycles. The van der Waals surface area contributed by atoms with Crippen molar-refractivity contribution in [3.8, 4) is 0 Å². The predicted molar refractivity (Wildman–Crippen MR) is 108 cm³/mol. The first-order valence-corrected chi connectivity index (χ1v) is 10.9. The molecule has 0 N–H and O–H groups in total. The molecule has 2 bridgehead atoms. The Morgan fingerprint density at radius 2 is 1.63 bits per heavy atom. The van der Waals surface area contributed by atoms with E-state index in [0.717, 1.165) is 44.7 Å². The molecule has 2 saturated heterocycles. The number of hydrogen-bond acceptors (Lipinski definition) is 5. The molecule has 1 aromatic rings. The first-order valence-electron chi connectivity index (χ1n) is 10.9. The van der Waals surface area contributed by atoms with Crippen LogP contribution in [0.25, 0.3) is 0 Å². The highest BCUT2D eigenvalue weighted by Crippen LogP contribution is 2.37. The number of Topliss-reactive ketones (excluding diaryl/α,β-unsaturated/α-hetero) is 1. The lowest BCUT2D eigenvalue weighted by molar-refractivity contribution is -0.123. The van der Waals surface area contributed by atoms with Gasteiger partial charge in [0.2, 0.25) is 5.95 Å². The van der Waals surface area contributed by atoms with Crippen molar-refractivity contribution in [3.05, 3.63) is 18.0 Å². The van der Waals surface area contributed by atoms with Crippen LogP contribution in [0.5, 0.6) is 0 Å². The SMILES string of the molecule is CCC(=O)[C@H]1CC[C@@H](c2cnc(N3C4CCC3CN(C(C)C)C4)nc2)CC1. The molecule has 3 heterocycles. The van der Waals surface area contributed by atoms with Gasteiger partial charge < -0.3 is 4.90 Å². The van der Waals surface area contributed by atoms with E-state index in [0.29, 0.717) is 42.2 Å². The number of carbonyl (C=O) groups excluding carboxylic acids is 1. The Kier molecular flexibility index (Phi) is 5.49. The van der Waals surface area contributed by atoms with E-state index in [2.05, 4.69) is 36.0 Å². The minimum Gasteiger partial charge on any atom is -0.332 e. The molecule has 1 aromatic heterocycles. The molecule has 0 aromatic carbocycles. The average molecular weight is 371 g/mol. The summed E-state index contributed by atoms with van der Waals surface area (Å²) in [5.41, 5.74) is 1.26. The van der Waals surface area contributed by atoms with Crippen molar-refractivity contribution < 1.29 is 4.79 Å². The monoisotopic (exact) mass is 370 g/mol. The molecular formula is C22H34N4O. The molecule has 148 valence electrons. The fourth-order valence-electron chi connectivity index (χ4n) is 5.40. The van der Waals surface area contributed by atoms with Gasteiger partial charge in [-0.2, -0.15) is 0 Å². The summed E-state index contributed by atoms with van der Waals surface area (Å²) in [6.45, 7) is 8.84. The van der Waals surface area contributed by atoms with Crippen molar-refractivity contribution in [1.29, 1.82) is 0 Å². The van der Waals surface area contributed by atoms with E-state index < -0.39 is 0 Å². The van der Waals surface area contributed by atoms with E-state index in [4.69, 9.17) is 9.97 Å². The normalized spacial score (nSPS) is 31.5. The van der Waals surface area contributed by atoms with Crippen LogP contribution in [0, 0.1) is 5.92 Å². The Hall–Kier alpha value is -1.49. The number of aromatic nitrogens is 2. The summed E-state index contributed by atoms with van der Waals surface area (Å²) in [7, 11) is 0. The zero-order valence-corrected chi connectivity index (χ0v) is 17.1. The highest BCUT2D eigenvalue weighted by Gasteiger charge is 2.41. The lowest BCUT2D eigenvalue weighted by Gasteiger charge is -2.42. The quantitative estimate of drug-likeness (QED) is 0.789. The van der Waals surface area contributed by atoms with Gasteiger partial charge >= 0.3 is 0 Å². The molecule has 3 aliphatic rings. The van der Waals surface area contributed by atoms with Crippen LogP contribution >= 0.6 is 0 Å². The number of carbonyl (C=O) groups is 1. The summed E-state index contributed by atoms with van der Waals surface area (Å²) in [6, 6.07) is 1.74. The van der Waals surface area contributed by atoms with Crippen molar-refractivity contribution in [2.24, 2.45) is 5.92 Å². The lowest BCUT2D eigenvalue weighted by Crippen LogP contribution is -2.56. The van der Waals surface area contributed by atoms with Crippen LogP contribution in [0.1, 0.15) is 77.2 Å². The number of rotatable bonds is 5. The van der Waals surface area contributed by atoms with Crippen LogP contribution in [-0.4, -0.2) is 51.9 Å². The van der Waals surface area contributed by atoms with Crippen LogP contribution < -0.4 is 4.90 Å². The predicted octanol–water partition coefficient (Wildman–Crippen LogP) is 3.79. The number of likely N-dealkylation sites (tertiary alicyclic amines) is 1. The highest BCUT2D eigenvalue weighted by molar-refractivity contribution is 5.80. The van der Waals surface area contributed by atoms with Crippen molar-refractivity contribution in [2.45, 2.75) is 89.8 Å². The fourth-order valence-corrected chi connectivity index (χ4v) is 5.40. The summed E-state index contributed by atoms with van der Waals surface area (Å²) in [5.74, 6) is 2.18. The Labute approximate surface area is 163 Å². The van der Waals surface area contributed by atoms with Crippen molar-refractivity contribution in [1.82, 2.24) is 14.9 Å². The maximum absolute atomic E-state index is 11.9. The molecule has 2 unspecified atom stereocenters. The van der Waals surface area contributed by atoms with Gasteiger partial charge in [0.25, 0.3) is 0 Å². The summed E-state index contributed by atoms with van der Waals surface area (Å²) in [6.07, 6.45) is 11.6. The first-order chi connectivity index (χ1) is 13.1. The molecule has 1 aliphatic carbocycles. The zero-order chi connectivity index (χ0) is 19.0. The van der Waals surface area contributed by atoms with E-state index in [-0.39, 0.29) is 0 Å². The summed E-state index contributed by atoms with van der Waals surface area (Å²) < 4.78 is 0. The average Bonchev–Trinajstić information content (AvgIpc) is 2.96. The molecule has 0 amide bonds. The van der Waals surface area contributed by atoms with Gasteiger partial charge in [-0.3, -0.25) is 9.69 Å². The number of ketones is 1. The number of piperazine rings is 1. The molecular weight excluding hydrogens is 336 g/mol. The van der Waals surface area contributed by atoms with E-state index in [1.165, 1.54) is 18.4 Å². The van der Waals surface area contributed by atoms with Crippen LogP contribution in [0.4, 0.5) is 5.95 Å². The van der Waals surface area contributed by atoms with E-state index in [9.17, 15) is 4.79 Å². The van der Waals surface area contributed by atoms with Crippen molar-refractivity contribution >= 4 is 11.7 Å². The largest absolute Gasteiger partial charge is 0.332 e. The topological polar surface area (TPSA) is 49.3 Å². The number of nitrogens with zero attached hydrogens (tertiary/aromatic N) is 4. The van der Waals surface area contributed by atoms with Crippen molar-refractivity contribution in [3.63, 3.8) is 0 Å². The Morgan fingerprint density at radius 1 is 1.04 bits per heavy atom. The third kappa shape index (κ3) is 3.75. The van der Waals surface area contributed by atoms with Gasteiger partial charge in [0.05, 0.1) is 0 Å². The molecule has 5 nitrogen and oxygen atoms in total. The molecule has 3 fully saturated rings. The van der Waals surface area contributed by atoms with Crippen LogP contribution in [0.15, 0.2) is 12.4 Å². The standard InChI is InChI=1S/C22H34N4O/c1-4-21(27)17-7-5-16(6-8-17)18-11-23-22(24-12-18)26-19-9-10-20(26)14-25(13-19)15(2)3/h11-12,15-17,19-20H,4-10,13-14H2,1-3H3/t16-,17+,19?,20?. The smallest absolute Gasteiger partial charge is 0.225 e. The molecule has 4 rings (SSSR count). The molecule has 5 heteroatoms. The minimum atomic E-state index is 0.291. The summed E-state index contributed by atoms with van der Waals surface area (Å²) >= 11 is 0. The summed E-state index contributed by atoms with van der Waals surface area (Å²) in [5, 5.41) is 0. The van der Waals surface area contributed by atoms with E-state index >= 15 is 0 Å². The van der Waals surface area contributed by atoms with Gasteiger partial charge in [-0.1, -0.05) is 6.92 Å². The van der Waals surface area contributed by atoms with Gasteiger partial charge in [-0.15, -0.1) is 0 Å². The van der Waals surface area contributed by atoms with E-state index in [1.807, 2.05) is 6.92 Å². The van der Waals surface area contributed by atoms with Gasteiger partial charge in [-0.25, -0.2) is 9.97 Å². The third-order valence-electron chi connectivity index (χ3n) is 7.13. The molecule has 0 spiro atoms. The molecule has 0 radical (unpaired) electrons. The van der Waals surface area contributed by atoms with Gasteiger partial charge in [0, 0.05) is 55.9 Å². The second-order valence-electron chi connectivity index (χ2n) is 9.02. The second kappa shape index (κ2) is 7.86. The van der Waals surface area contributed by atoms with Gasteiger partial charge in [0.1, 0.15) is 5.78 Å². The van der Waals surface area contributed by atoms with Crippen LogP contribution in [0.2, 0.25) is 0 Å². The number of hydrogen-bond donors (Lipinski definition) is 0. The fraction of sp³-hybridized carbons (Fsp3) is 0.773. The maximum atomic E-state index is 11.9. The zero-order valence-electron chi connectivity index (χ0n) is 17.1. The van der Waals surface area contributed by atoms with Gasteiger partial charge in [-0.05, 0) is 63.9 Å². The minimum absolute atomic E-state index is 0.291. The second-order valence-corrected chi connectivity index (χ2v) is 9.02.